The lowest BCUT2D eigenvalue weighted by molar-refractivity contribution is -0.129. The quantitative estimate of drug-likeness (QED) is 0.753. The van der Waals surface area contributed by atoms with Crippen LogP contribution in [0, 0.1) is 0 Å². The molecular weight excluding hydrogens is 322 g/mol. The molecule has 3 heterocycles. The highest BCUT2D eigenvalue weighted by Crippen LogP contribution is 2.24. The van der Waals surface area contributed by atoms with Crippen LogP contribution in [0.1, 0.15) is 32.6 Å². The van der Waals surface area contributed by atoms with Crippen molar-refractivity contribution >= 4 is 17.7 Å². The van der Waals surface area contributed by atoms with Gasteiger partial charge in [-0.2, -0.15) is 0 Å². The van der Waals surface area contributed by atoms with Crippen LogP contribution in [0.3, 0.4) is 0 Å². The van der Waals surface area contributed by atoms with E-state index in [0.717, 1.165) is 55.4 Å². The molecule has 0 bridgehead atoms. The standard InChI is InChI=1S/C17H23N5OS/c1-2-9-22-16(14-7-6-8-18-12-14)19-20-17(22)24-13-15(23)21-10-4-3-5-11-21/h6-8,12H,2-5,9-11,13H2,1H3. The fourth-order valence-corrected chi connectivity index (χ4v) is 3.76. The molecule has 3 rings (SSSR count). The summed E-state index contributed by atoms with van der Waals surface area (Å²) in [5.41, 5.74) is 0.952. The normalized spacial score (nSPS) is 14.8. The Morgan fingerprint density at radius 3 is 2.79 bits per heavy atom. The van der Waals surface area contributed by atoms with Crippen molar-refractivity contribution in [3.8, 4) is 11.4 Å². The van der Waals surface area contributed by atoms with Crippen LogP contribution in [-0.2, 0) is 11.3 Å². The fourth-order valence-electron chi connectivity index (χ4n) is 2.89. The third kappa shape index (κ3) is 3.95. The van der Waals surface area contributed by atoms with Gasteiger partial charge in [-0.05, 0) is 37.8 Å². The Morgan fingerprint density at radius 1 is 1.25 bits per heavy atom. The van der Waals surface area contributed by atoms with Crippen LogP contribution in [-0.4, -0.2) is 49.4 Å². The minimum atomic E-state index is 0.202. The Morgan fingerprint density at radius 2 is 2.08 bits per heavy atom. The van der Waals surface area contributed by atoms with Crippen molar-refractivity contribution in [2.75, 3.05) is 18.8 Å². The molecule has 0 atom stereocenters. The molecule has 0 aliphatic carbocycles. The first-order valence-corrected chi connectivity index (χ1v) is 9.52. The Kier molecular flexibility index (Phi) is 5.85. The number of thioether (sulfide) groups is 1. The molecule has 2 aromatic heterocycles. The van der Waals surface area contributed by atoms with Gasteiger partial charge in [0, 0.05) is 37.6 Å². The van der Waals surface area contributed by atoms with Crippen molar-refractivity contribution in [1.82, 2.24) is 24.6 Å². The van der Waals surface area contributed by atoms with Crippen LogP contribution in [0.4, 0.5) is 0 Å². The molecule has 2 aromatic rings. The highest BCUT2D eigenvalue weighted by atomic mass is 32.2. The first-order valence-electron chi connectivity index (χ1n) is 8.53. The fraction of sp³-hybridized carbons (Fsp3) is 0.529. The second-order valence-electron chi connectivity index (χ2n) is 5.93. The average molecular weight is 345 g/mol. The van der Waals surface area contributed by atoms with Gasteiger partial charge in [-0.15, -0.1) is 10.2 Å². The number of hydrogen-bond donors (Lipinski definition) is 0. The molecule has 6 nitrogen and oxygen atoms in total. The summed E-state index contributed by atoms with van der Waals surface area (Å²) in [4.78, 5) is 18.5. The summed E-state index contributed by atoms with van der Waals surface area (Å²) in [5, 5.41) is 9.43. The van der Waals surface area contributed by atoms with Crippen LogP contribution >= 0.6 is 11.8 Å². The van der Waals surface area contributed by atoms with E-state index < -0.39 is 0 Å². The van der Waals surface area contributed by atoms with Crippen LogP contribution < -0.4 is 0 Å². The highest BCUT2D eigenvalue weighted by molar-refractivity contribution is 7.99. The van der Waals surface area contributed by atoms with E-state index in [1.54, 1.807) is 12.4 Å². The molecule has 0 radical (unpaired) electrons. The zero-order valence-electron chi connectivity index (χ0n) is 14.0. The summed E-state index contributed by atoms with van der Waals surface area (Å²) in [6.45, 7) is 4.74. The summed E-state index contributed by atoms with van der Waals surface area (Å²) in [6.07, 6.45) is 8.00. The van der Waals surface area contributed by atoms with E-state index >= 15 is 0 Å². The Labute approximate surface area is 146 Å². The highest BCUT2D eigenvalue weighted by Gasteiger charge is 2.19. The summed E-state index contributed by atoms with van der Waals surface area (Å²) in [5.74, 6) is 1.45. The van der Waals surface area contributed by atoms with Crippen molar-refractivity contribution in [2.45, 2.75) is 44.3 Å². The number of aromatic nitrogens is 4. The first kappa shape index (κ1) is 17.0. The van der Waals surface area contributed by atoms with E-state index in [1.165, 1.54) is 18.2 Å². The molecule has 0 spiro atoms. The van der Waals surface area contributed by atoms with E-state index in [0.29, 0.717) is 5.75 Å². The molecule has 1 fully saturated rings. The Balaban J connectivity index is 1.71. The number of hydrogen-bond acceptors (Lipinski definition) is 5. The van der Waals surface area contributed by atoms with Gasteiger partial charge < -0.3 is 9.47 Å². The predicted molar refractivity (Wildman–Crippen MR) is 94.7 cm³/mol. The predicted octanol–water partition coefficient (Wildman–Crippen LogP) is 2.85. The maximum absolute atomic E-state index is 12.4. The van der Waals surface area contributed by atoms with Gasteiger partial charge in [-0.3, -0.25) is 9.78 Å². The lowest BCUT2D eigenvalue weighted by atomic mass is 10.1. The molecule has 7 heteroatoms. The molecule has 24 heavy (non-hydrogen) atoms. The van der Waals surface area contributed by atoms with Crippen LogP contribution in [0.5, 0.6) is 0 Å². The minimum Gasteiger partial charge on any atom is -0.342 e. The zero-order chi connectivity index (χ0) is 16.8. The zero-order valence-corrected chi connectivity index (χ0v) is 14.8. The number of likely N-dealkylation sites (tertiary alicyclic amines) is 1. The van der Waals surface area contributed by atoms with Gasteiger partial charge in [0.15, 0.2) is 11.0 Å². The summed E-state index contributed by atoms with van der Waals surface area (Å²) < 4.78 is 2.09. The van der Waals surface area contributed by atoms with E-state index in [-0.39, 0.29) is 5.91 Å². The van der Waals surface area contributed by atoms with Gasteiger partial charge in [0.25, 0.3) is 0 Å². The summed E-state index contributed by atoms with van der Waals surface area (Å²) in [6, 6.07) is 3.88. The average Bonchev–Trinajstić information content (AvgIpc) is 3.04. The number of amides is 1. The maximum atomic E-state index is 12.4. The second kappa shape index (κ2) is 8.28. The second-order valence-corrected chi connectivity index (χ2v) is 6.87. The third-order valence-corrected chi connectivity index (χ3v) is 5.07. The molecule has 1 aliphatic rings. The van der Waals surface area contributed by atoms with Gasteiger partial charge in [0.1, 0.15) is 0 Å². The van der Waals surface area contributed by atoms with Crippen LogP contribution in [0.15, 0.2) is 29.7 Å². The van der Waals surface area contributed by atoms with Crippen molar-refractivity contribution in [2.24, 2.45) is 0 Å². The van der Waals surface area contributed by atoms with E-state index in [1.807, 2.05) is 17.0 Å². The van der Waals surface area contributed by atoms with Gasteiger partial charge >= 0.3 is 0 Å². The van der Waals surface area contributed by atoms with Crippen molar-refractivity contribution < 1.29 is 4.79 Å². The summed E-state index contributed by atoms with van der Waals surface area (Å²) >= 11 is 1.48. The Hall–Kier alpha value is -1.89. The largest absolute Gasteiger partial charge is 0.342 e. The molecule has 0 saturated carbocycles. The smallest absolute Gasteiger partial charge is 0.233 e. The van der Waals surface area contributed by atoms with Crippen LogP contribution in [0.2, 0.25) is 0 Å². The molecule has 128 valence electrons. The third-order valence-electron chi connectivity index (χ3n) is 4.12. The molecule has 0 aromatic carbocycles. The van der Waals surface area contributed by atoms with Crippen molar-refractivity contribution in [3.63, 3.8) is 0 Å². The molecule has 1 amide bonds. The SMILES string of the molecule is CCCn1c(SCC(=O)N2CCCCC2)nnc1-c1cccnc1. The van der Waals surface area contributed by atoms with Crippen molar-refractivity contribution in [1.29, 1.82) is 0 Å². The van der Waals surface area contributed by atoms with E-state index in [9.17, 15) is 4.79 Å². The number of rotatable bonds is 6. The van der Waals surface area contributed by atoms with Gasteiger partial charge in [-0.1, -0.05) is 18.7 Å². The molecule has 1 saturated heterocycles. The lowest BCUT2D eigenvalue weighted by Gasteiger charge is -2.26. The molecule has 0 unspecified atom stereocenters. The van der Waals surface area contributed by atoms with E-state index in [4.69, 9.17) is 0 Å². The molecule has 1 aliphatic heterocycles. The number of carbonyl (C=O) groups is 1. The number of carbonyl (C=O) groups excluding carboxylic acids is 1. The lowest BCUT2D eigenvalue weighted by Crippen LogP contribution is -2.36. The monoisotopic (exact) mass is 345 g/mol. The first-order chi connectivity index (χ1) is 11.8. The van der Waals surface area contributed by atoms with Crippen molar-refractivity contribution in [3.05, 3.63) is 24.5 Å². The number of pyridine rings is 1. The Bertz CT molecular complexity index is 667. The molecule has 0 N–H and O–H groups in total. The van der Waals surface area contributed by atoms with Crippen LogP contribution in [0.25, 0.3) is 11.4 Å². The summed E-state index contributed by atoms with van der Waals surface area (Å²) in [7, 11) is 0. The number of nitrogens with zero attached hydrogens (tertiary/aromatic N) is 5. The van der Waals surface area contributed by atoms with Gasteiger partial charge in [0.05, 0.1) is 5.75 Å². The minimum absolute atomic E-state index is 0.202. The van der Waals surface area contributed by atoms with Gasteiger partial charge in [-0.25, -0.2) is 0 Å². The molecular formula is C17H23N5OS. The maximum Gasteiger partial charge on any atom is 0.233 e. The number of piperidine rings is 1. The van der Waals surface area contributed by atoms with E-state index in [2.05, 4.69) is 26.7 Å². The van der Waals surface area contributed by atoms with Gasteiger partial charge in [0.2, 0.25) is 5.91 Å². The topological polar surface area (TPSA) is 63.9 Å².